The maximum atomic E-state index is 15.1. The lowest BCUT2D eigenvalue weighted by Gasteiger charge is -2.46. The van der Waals surface area contributed by atoms with Crippen molar-refractivity contribution in [1.29, 1.82) is 0 Å². The van der Waals surface area contributed by atoms with Gasteiger partial charge in [-0.05, 0) is 97.1 Å². The number of pyridine rings is 1. The van der Waals surface area contributed by atoms with Crippen molar-refractivity contribution in [2.45, 2.75) is 162 Å². The van der Waals surface area contributed by atoms with E-state index in [9.17, 15) is 14.4 Å². The first kappa shape index (κ1) is 57.8. The number of aryl methyl sites for hydroxylation is 1. The number of methoxy groups -OCH3 is 1. The number of nitrogens with one attached hydrogen (secondary N) is 1. The van der Waals surface area contributed by atoms with Crippen LogP contribution < -0.4 is 5.32 Å². The second kappa shape index (κ2) is 26.3. The van der Waals surface area contributed by atoms with E-state index in [-0.39, 0.29) is 74.0 Å². The topological polar surface area (TPSA) is 176 Å². The molecule has 1 N–H and O–H groups in total. The van der Waals surface area contributed by atoms with Gasteiger partial charge in [-0.2, -0.15) is 0 Å². The number of hydrogen-bond donors (Lipinski definition) is 1. The molecule has 1 aliphatic heterocycles. The highest BCUT2D eigenvalue weighted by molar-refractivity contribution is 6.00. The lowest BCUT2D eigenvalue weighted by molar-refractivity contribution is -0.272. The summed E-state index contributed by atoms with van der Waals surface area (Å²) in [7, 11) is 1.18. The molecule has 0 saturated carbocycles. The maximum absolute atomic E-state index is 15.1. The average Bonchev–Trinajstić information content (AvgIpc) is 3.34. The van der Waals surface area contributed by atoms with Crippen molar-refractivity contribution in [3.63, 3.8) is 0 Å². The molecule has 0 aliphatic carbocycles. The van der Waals surface area contributed by atoms with Gasteiger partial charge in [0.05, 0.1) is 68.8 Å². The molecular formula is C60H74N2O13. The fraction of sp³-hybridized carbons (Fsp3) is 0.450. The van der Waals surface area contributed by atoms with Crippen molar-refractivity contribution in [2.75, 3.05) is 13.7 Å². The first-order chi connectivity index (χ1) is 35.6. The SMILES string of the molecule is COC(=O)[C@H](Cc1nc(C)c(C(=O)OC(C)(C)C)c(C[C@@H]2O[C@H](COCc3ccccc3)[C@@H](OCc3ccccc3)[C@H](OCc3ccccc3)[C@H]2OCc2ccccc2)c1C(=O)OC(C)(C)C)NC(=O)OC(C)(C)C. The Morgan fingerprint density at radius 1 is 0.560 bits per heavy atom. The second-order valence-corrected chi connectivity index (χ2v) is 21.5. The Labute approximate surface area is 441 Å². The van der Waals surface area contributed by atoms with Gasteiger partial charge in [0.15, 0.2) is 0 Å². The van der Waals surface area contributed by atoms with E-state index < -0.39 is 77.4 Å². The number of amides is 1. The second-order valence-electron chi connectivity index (χ2n) is 21.5. The number of ether oxygens (including phenoxy) is 9. The van der Waals surface area contributed by atoms with Crippen LogP contribution in [-0.2, 0) is 86.7 Å². The highest BCUT2D eigenvalue weighted by atomic mass is 16.6. The smallest absolute Gasteiger partial charge is 0.408 e. The molecule has 4 aromatic carbocycles. The summed E-state index contributed by atoms with van der Waals surface area (Å²) >= 11 is 0. The van der Waals surface area contributed by atoms with Crippen molar-refractivity contribution in [1.82, 2.24) is 10.3 Å². The van der Waals surface area contributed by atoms with E-state index in [4.69, 9.17) is 47.6 Å². The molecule has 1 fully saturated rings. The number of nitrogens with zero attached hydrogens (tertiary/aromatic N) is 1. The Kier molecular flexibility index (Phi) is 20.3. The van der Waals surface area contributed by atoms with Gasteiger partial charge >= 0.3 is 24.0 Å². The van der Waals surface area contributed by atoms with Crippen LogP contribution in [0, 0.1) is 6.92 Å². The van der Waals surface area contributed by atoms with Gasteiger partial charge < -0.3 is 47.9 Å². The highest BCUT2D eigenvalue weighted by Gasteiger charge is 2.49. The summed E-state index contributed by atoms with van der Waals surface area (Å²) in [5.74, 6) is -2.46. The molecule has 0 radical (unpaired) electrons. The molecule has 0 spiro atoms. The molecule has 1 aromatic heterocycles. The Morgan fingerprint density at radius 3 is 1.41 bits per heavy atom. The Morgan fingerprint density at radius 2 is 0.973 bits per heavy atom. The summed E-state index contributed by atoms with van der Waals surface area (Å²) in [6, 6.07) is 37.5. The van der Waals surface area contributed by atoms with E-state index in [1.807, 2.05) is 121 Å². The van der Waals surface area contributed by atoms with E-state index in [2.05, 4.69) is 5.32 Å². The number of carbonyl (C=O) groups is 4. The molecule has 2 heterocycles. The minimum Gasteiger partial charge on any atom is -0.467 e. The fourth-order valence-electron chi connectivity index (χ4n) is 8.58. The quantitative estimate of drug-likeness (QED) is 0.0543. The standard InChI is InChI=1S/C60H74N2O13/c1-39-49(55(64)73-58(2,3)4)44(50(56(65)74-59(5,6)7)45(61-39)33-46(54(63)67-11)62-57(66)75-60(8,9)10)32-47-51(69-35-41-26-18-13-19-27-41)53(71-37-43-30-22-15-23-31-43)52(70-36-42-28-20-14-21-29-42)48(72-47)38-68-34-40-24-16-12-17-25-40/h12-31,46-48,51-53H,32-38H2,1-11H3,(H,62,66)/t46-,47-,48+,51-,52+,53+/m0/s1. The first-order valence-electron chi connectivity index (χ1n) is 25.4. The summed E-state index contributed by atoms with van der Waals surface area (Å²) in [6.45, 7) is 17.8. The zero-order valence-electron chi connectivity index (χ0n) is 45.2. The summed E-state index contributed by atoms with van der Waals surface area (Å²) in [4.78, 5) is 61.6. The van der Waals surface area contributed by atoms with Crippen LogP contribution in [0.25, 0.3) is 0 Å². The van der Waals surface area contributed by atoms with Crippen molar-refractivity contribution in [3.05, 3.63) is 172 Å². The molecule has 402 valence electrons. The normalized spacial score (nSPS) is 18.4. The van der Waals surface area contributed by atoms with Gasteiger partial charge in [0.2, 0.25) is 0 Å². The number of hydrogen-bond acceptors (Lipinski definition) is 14. The van der Waals surface area contributed by atoms with E-state index in [0.29, 0.717) is 0 Å². The first-order valence-corrected chi connectivity index (χ1v) is 25.4. The van der Waals surface area contributed by atoms with Gasteiger partial charge in [0, 0.05) is 12.8 Å². The predicted molar refractivity (Wildman–Crippen MR) is 282 cm³/mol. The van der Waals surface area contributed by atoms with Crippen LogP contribution in [0.5, 0.6) is 0 Å². The number of aromatic nitrogens is 1. The van der Waals surface area contributed by atoms with Gasteiger partial charge in [-0.25, -0.2) is 19.2 Å². The zero-order chi connectivity index (χ0) is 54.3. The molecule has 6 rings (SSSR count). The molecule has 15 heteroatoms. The van der Waals surface area contributed by atoms with E-state index in [1.54, 1.807) is 69.2 Å². The number of esters is 3. The van der Waals surface area contributed by atoms with Gasteiger partial charge in [0.25, 0.3) is 0 Å². The van der Waals surface area contributed by atoms with Gasteiger partial charge in [-0.3, -0.25) is 4.98 Å². The zero-order valence-corrected chi connectivity index (χ0v) is 45.2. The van der Waals surface area contributed by atoms with E-state index in [1.165, 1.54) is 7.11 Å². The molecule has 1 amide bonds. The largest absolute Gasteiger partial charge is 0.467 e. The highest BCUT2D eigenvalue weighted by Crippen LogP contribution is 2.36. The molecule has 0 bridgehead atoms. The Hall–Kier alpha value is -6.49. The average molecular weight is 1030 g/mol. The van der Waals surface area contributed by atoms with Gasteiger partial charge in [-0.15, -0.1) is 0 Å². The lowest BCUT2D eigenvalue weighted by atomic mass is 9.86. The van der Waals surface area contributed by atoms with Crippen LogP contribution >= 0.6 is 0 Å². The Bertz CT molecular complexity index is 2630. The number of benzene rings is 4. The maximum Gasteiger partial charge on any atom is 0.408 e. The molecule has 1 saturated heterocycles. The molecule has 0 unspecified atom stereocenters. The molecule has 75 heavy (non-hydrogen) atoms. The van der Waals surface area contributed by atoms with Gasteiger partial charge in [-0.1, -0.05) is 121 Å². The third-order valence-corrected chi connectivity index (χ3v) is 11.7. The third-order valence-electron chi connectivity index (χ3n) is 11.7. The fourth-order valence-corrected chi connectivity index (χ4v) is 8.58. The minimum atomic E-state index is -1.41. The van der Waals surface area contributed by atoms with Crippen LogP contribution in [0.3, 0.4) is 0 Å². The summed E-state index contributed by atoms with van der Waals surface area (Å²) in [5.41, 5.74) is 0.867. The molecule has 1 aliphatic rings. The number of rotatable bonds is 21. The van der Waals surface area contributed by atoms with Gasteiger partial charge in [0.1, 0.15) is 47.3 Å². The summed E-state index contributed by atoms with van der Waals surface area (Å²) < 4.78 is 57.7. The van der Waals surface area contributed by atoms with Crippen LogP contribution in [0.15, 0.2) is 121 Å². The third kappa shape index (κ3) is 17.8. The van der Waals surface area contributed by atoms with Crippen LogP contribution in [0.4, 0.5) is 4.79 Å². The van der Waals surface area contributed by atoms with Crippen molar-refractivity contribution >= 4 is 24.0 Å². The van der Waals surface area contributed by atoms with Crippen molar-refractivity contribution < 1.29 is 61.8 Å². The molecular weight excluding hydrogens is 957 g/mol. The predicted octanol–water partition coefficient (Wildman–Crippen LogP) is 10.2. The van der Waals surface area contributed by atoms with Crippen molar-refractivity contribution in [3.8, 4) is 0 Å². The monoisotopic (exact) mass is 1030 g/mol. The van der Waals surface area contributed by atoms with Crippen LogP contribution in [0.1, 0.15) is 122 Å². The molecule has 15 nitrogen and oxygen atoms in total. The Balaban J connectivity index is 1.57. The minimum absolute atomic E-state index is 0.0178. The lowest BCUT2D eigenvalue weighted by Crippen LogP contribution is -2.61. The van der Waals surface area contributed by atoms with E-state index >= 15 is 4.79 Å². The summed E-state index contributed by atoms with van der Waals surface area (Å²) in [6.07, 6.45) is -5.91. The van der Waals surface area contributed by atoms with Crippen molar-refractivity contribution in [2.24, 2.45) is 0 Å². The molecule has 5 aromatic rings. The number of alkyl carbamates (subject to hydrolysis) is 1. The molecule has 6 atom stereocenters. The number of carbonyl (C=O) groups excluding carboxylic acids is 4. The van der Waals surface area contributed by atoms with E-state index in [0.717, 1.165) is 22.3 Å². The summed E-state index contributed by atoms with van der Waals surface area (Å²) in [5, 5.41) is 2.61. The van der Waals surface area contributed by atoms with Crippen LogP contribution in [0.2, 0.25) is 0 Å². The van der Waals surface area contributed by atoms with Crippen LogP contribution in [-0.4, -0.2) is 96.1 Å².